The van der Waals surface area contributed by atoms with Crippen molar-refractivity contribution in [1.29, 1.82) is 0 Å². The van der Waals surface area contributed by atoms with Crippen LogP contribution in [0.3, 0.4) is 0 Å². The van der Waals surface area contributed by atoms with Gasteiger partial charge in [0, 0.05) is 14.0 Å². The largest absolute Gasteiger partial charge is 0.303 e. The van der Waals surface area contributed by atoms with Gasteiger partial charge in [0.05, 0.1) is 0 Å². The molecular weight excluding hydrogens is 260 g/mol. The van der Waals surface area contributed by atoms with E-state index < -0.39 is 8.07 Å². The molecule has 0 saturated heterocycles. The van der Waals surface area contributed by atoms with E-state index in [1.165, 1.54) is 38.4 Å². The predicted molar refractivity (Wildman–Crippen MR) is 89.7 cm³/mol. The molecule has 0 unspecified atom stereocenters. The zero-order valence-electron chi connectivity index (χ0n) is 14.3. The number of hydrogen-bond acceptors (Lipinski definition) is 1. The van der Waals surface area contributed by atoms with Crippen LogP contribution in [0.5, 0.6) is 0 Å². The van der Waals surface area contributed by atoms with Gasteiger partial charge >= 0.3 is 0 Å². The summed E-state index contributed by atoms with van der Waals surface area (Å²) in [5.41, 5.74) is 4.73. The number of aldehydes is 1. The van der Waals surface area contributed by atoms with Crippen LogP contribution >= 0.6 is 0 Å². The maximum Gasteiger partial charge on any atom is 0.123 e. The summed E-state index contributed by atoms with van der Waals surface area (Å²) >= 11 is 0. The highest BCUT2D eigenvalue weighted by Gasteiger charge is 2.49. The summed E-state index contributed by atoms with van der Waals surface area (Å²) in [5.74, 6) is 0.818. The minimum atomic E-state index is -1.13. The number of fused-ring (bicyclic) bond motifs is 1. The van der Waals surface area contributed by atoms with Gasteiger partial charge in [-0.2, -0.15) is 0 Å². The van der Waals surface area contributed by atoms with E-state index in [4.69, 9.17) is 0 Å². The predicted octanol–water partition coefficient (Wildman–Crippen LogP) is 5.45. The number of rotatable bonds is 3. The van der Waals surface area contributed by atoms with E-state index in [1.54, 1.807) is 11.1 Å². The molecule has 0 amide bonds. The van der Waals surface area contributed by atoms with Gasteiger partial charge in [-0.25, -0.2) is 0 Å². The van der Waals surface area contributed by atoms with Gasteiger partial charge in [0.15, 0.2) is 0 Å². The Kier molecular flexibility index (Phi) is 4.35. The van der Waals surface area contributed by atoms with Crippen LogP contribution in [0.25, 0.3) is 0 Å². The van der Waals surface area contributed by atoms with Crippen LogP contribution in [0.2, 0.25) is 25.2 Å². The van der Waals surface area contributed by atoms with Crippen LogP contribution in [0.1, 0.15) is 52.9 Å². The number of hydrogen-bond donors (Lipinski definition) is 0. The molecule has 2 heteroatoms. The second-order valence-corrected chi connectivity index (χ2v) is 14.1. The normalized spacial score (nSPS) is 36.5. The summed E-state index contributed by atoms with van der Waals surface area (Å²) < 4.78 is 0. The molecule has 4 atom stereocenters. The Morgan fingerprint density at radius 3 is 2.50 bits per heavy atom. The minimum absolute atomic E-state index is 0.229. The molecule has 2 aliphatic carbocycles. The molecule has 0 aromatic rings. The molecule has 114 valence electrons. The van der Waals surface area contributed by atoms with Crippen LogP contribution in [-0.2, 0) is 4.79 Å². The molecule has 2 aliphatic rings. The molecule has 0 aromatic heterocycles. The molecule has 1 nitrogen and oxygen atoms in total. The monoisotopic (exact) mass is 292 g/mol. The molecule has 0 spiro atoms. The van der Waals surface area contributed by atoms with Gasteiger partial charge in [-0.1, -0.05) is 44.6 Å². The van der Waals surface area contributed by atoms with Crippen molar-refractivity contribution in [2.45, 2.75) is 78.1 Å². The Hall–Kier alpha value is -0.373. The summed E-state index contributed by atoms with van der Waals surface area (Å²) in [5, 5.41) is 0. The number of carbonyl (C=O) groups is 1. The van der Waals surface area contributed by atoms with Crippen LogP contribution in [0.4, 0.5) is 0 Å². The first-order valence-electron chi connectivity index (χ1n) is 8.34. The Balaban J connectivity index is 2.33. The third-order valence-corrected chi connectivity index (χ3v) is 9.30. The SMILES string of the molecule is CC1=C2C[C@H]([C@H](C)C=O)CC[C@@]2(C)[C@@H]([Si](C)(C)C)CC1. The second kappa shape index (κ2) is 5.44. The summed E-state index contributed by atoms with van der Waals surface area (Å²) in [6, 6.07) is 0. The standard InChI is InChI=1S/C18H32OSi/c1-13-7-8-17(20(4,5)6)18(3)10-9-15(11-16(13)18)14(2)12-19/h12,14-15,17H,7-11H2,1-6H3/t14-,15-,17+,18-/m1/s1. The highest BCUT2D eigenvalue weighted by molar-refractivity contribution is 6.77. The van der Waals surface area contributed by atoms with Crippen LogP contribution in [-0.4, -0.2) is 14.4 Å². The Morgan fingerprint density at radius 1 is 1.30 bits per heavy atom. The van der Waals surface area contributed by atoms with E-state index >= 15 is 0 Å². The van der Waals surface area contributed by atoms with E-state index in [1.807, 2.05) is 0 Å². The molecule has 0 heterocycles. The summed E-state index contributed by atoms with van der Waals surface area (Å²) in [6.07, 6.45) is 7.59. The lowest BCUT2D eigenvalue weighted by molar-refractivity contribution is -0.112. The molecule has 1 saturated carbocycles. The molecule has 1 fully saturated rings. The molecule has 0 aromatic carbocycles. The fourth-order valence-electron chi connectivity index (χ4n) is 5.06. The van der Waals surface area contributed by atoms with Gasteiger partial charge in [0.25, 0.3) is 0 Å². The van der Waals surface area contributed by atoms with Gasteiger partial charge in [-0.3, -0.25) is 0 Å². The van der Waals surface area contributed by atoms with E-state index in [2.05, 4.69) is 40.4 Å². The van der Waals surface area contributed by atoms with Crippen molar-refractivity contribution in [3.05, 3.63) is 11.1 Å². The summed E-state index contributed by atoms with van der Waals surface area (Å²) in [6.45, 7) is 14.6. The quantitative estimate of drug-likeness (QED) is 0.384. The Morgan fingerprint density at radius 2 is 1.95 bits per heavy atom. The highest BCUT2D eigenvalue weighted by atomic mass is 28.3. The van der Waals surface area contributed by atoms with Crippen molar-refractivity contribution in [3.8, 4) is 0 Å². The van der Waals surface area contributed by atoms with E-state index in [9.17, 15) is 4.79 Å². The molecule has 0 bridgehead atoms. The summed E-state index contributed by atoms with van der Waals surface area (Å²) in [7, 11) is -1.13. The van der Waals surface area contributed by atoms with Gasteiger partial charge < -0.3 is 4.79 Å². The lowest BCUT2D eigenvalue weighted by atomic mass is 9.60. The summed E-state index contributed by atoms with van der Waals surface area (Å²) in [4.78, 5) is 11.1. The average molecular weight is 293 g/mol. The molecule has 2 rings (SSSR count). The Bertz CT molecular complexity index is 418. The van der Waals surface area contributed by atoms with Crippen LogP contribution < -0.4 is 0 Å². The number of allylic oxidation sites excluding steroid dienone is 2. The van der Waals surface area contributed by atoms with Crippen molar-refractivity contribution in [1.82, 2.24) is 0 Å². The average Bonchev–Trinajstić information content (AvgIpc) is 2.36. The fraction of sp³-hybridized carbons (Fsp3) is 0.833. The topological polar surface area (TPSA) is 17.1 Å². The van der Waals surface area contributed by atoms with Crippen molar-refractivity contribution in [3.63, 3.8) is 0 Å². The van der Waals surface area contributed by atoms with Crippen LogP contribution in [0.15, 0.2) is 11.1 Å². The maximum absolute atomic E-state index is 11.1. The van der Waals surface area contributed by atoms with Crippen molar-refractivity contribution < 1.29 is 4.79 Å². The van der Waals surface area contributed by atoms with Crippen LogP contribution in [0, 0.1) is 17.3 Å². The zero-order valence-corrected chi connectivity index (χ0v) is 15.3. The van der Waals surface area contributed by atoms with Crippen molar-refractivity contribution >= 4 is 14.4 Å². The smallest absolute Gasteiger partial charge is 0.123 e. The lowest BCUT2D eigenvalue weighted by Crippen LogP contribution is -2.45. The molecular formula is C18H32OSi. The Labute approximate surface area is 126 Å². The fourth-order valence-corrected chi connectivity index (χ4v) is 8.30. The third-order valence-electron chi connectivity index (χ3n) is 6.29. The van der Waals surface area contributed by atoms with Crippen molar-refractivity contribution in [2.75, 3.05) is 0 Å². The van der Waals surface area contributed by atoms with Gasteiger partial charge in [-0.05, 0) is 55.9 Å². The van der Waals surface area contributed by atoms with E-state index in [0.29, 0.717) is 11.3 Å². The molecule has 0 radical (unpaired) electrons. The first-order chi connectivity index (χ1) is 9.20. The minimum Gasteiger partial charge on any atom is -0.303 e. The highest BCUT2D eigenvalue weighted by Crippen LogP contribution is 2.60. The third kappa shape index (κ3) is 2.68. The van der Waals surface area contributed by atoms with Gasteiger partial charge in [0.1, 0.15) is 6.29 Å². The maximum atomic E-state index is 11.1. The molecule has 20 heavy (non-hydrogen) atoms. The van der Waals surface area contributed by atoms with E-state index in [0.717, 1.165) is 5.54 Å². The molecule has 0 aliphatic heterocycles. The van der Waals surface area contributed by atoms with Gasteiger partial charge in [0.2, 0.25) is 0 Å². The first-order valence-corrected chi connectivity index (χ1v) is 11.9. The number of carbonyl (C=O) groups excluding carboxylic acids is 1. The zero-order chi connectivity index (χ0) is 15.1. The second-order valence-electron chi connectivity index (χ2n) is 8.63. The van der Waals surface area contributed by atoms with E-state index in [-0.39, 0.29) is 5.92 Å². The lowest BCUT2D eigenvalue weighted by Gasteiger charge is -2.53. The van der Waals surface area contributed by atoms with Gasteiger partial charge in [-0.15, -0.1) is 0 Å². The van der Waals surface area contributed by atoms with Crippen molar-refractivity contribution in [2.24, 2.45) is 17.3 Å². The first kappa shape index (κ1) is 16.0. The molecule has 0 N–H and O–H groups in total.